The molecule has 1 aliphatic carbocycles. The van der Waals surface area contributed by atoms with E-state index in [9.17, 15) is 4.79 Å². The van der Waals surface area contributed by atoms with Gasteiger partial charge in [0.2, 0.25) is 5.91 Å². The van der Waals surface area contributed by atoms with Crippen molar-refractivity contribution in [2.75, 3.05) is 31.1 Å². The first-order chi connectivity index (χ1) is 13.1. The van der Waals surface area contributed by atoms with Gasteiger partial charge in [0, 0.05) is 43.9 Å². The highest BCUT2D eigenvalue weighted by Crippen LogP contribution is 2.40. The summed E-state index contributed by atoms with van der Waals surface area (Å²) in [6.07, 6.45) is 5.22. The first-order valence-electron chi connectivity index (χ1n) is 10.4. The normalized spacial score (nSPS) is 17.1. The summed E-state index contributed by atoms with van der Waals surface area (Å²) in [4.78, 5) is 26.7. The number of anilines is 1. The number of rotatable bonds is 7. The number of likely N-dealkylation sites (tertiary alicyclic amines) is 1. The Hall–Kier alpha value is -2.17. The van der Waals surface area contributed by atoms with Gasteiger partial charge in [-0.15, -0.1) is 0 Å². The van der Waals surface area contributed by atoms with Crippen LogP contribution in [0.15, 0.2) is 24.3 Å². The van der Waals surface area contributed by atoms with Crippen LogP contribution in [0.4, 0.5) is 5.82 Å². The molecule has 1 aromatic heterocycles. The third-order valence-corrected chi connectivity index (χ3v) is 5.48. The molecule has 1 aromatic carbocycles. The van der Waals surface area contributed by atoms with Crippen LogP contribution in [0.2, 0.25) is 0 Å². The largest absolute Gasteiger partial charge is 0.355 e. The van der Waals surface area contributed by atoms with Crippen molar-refractivity contribution in [3.05, 3.63) is 30.1 Å². The number of benzene rings is 1. The Morgan fingerprint density at radius 1 is 1.19 bits per heavy atom. The van der Waals surface area contributed by atoms with E-state index in [1.165, 1.54) is 12.8 Å². The van der Waals surface area contributed by atoms with Crippen molar-refractivity contribution in [2.45, 2.75) is 51.9 Å². The molecule has 2 fully saturated rings. The number of fused-ring (bicyclic) bond motifs is 1. The molecule has 27 heavy (non-hydrogen) atoms. The summed E-state index contributed by atoms with van der Waals surface area (Å²) < 4.78 is 0. The van der Waals surface area contributed by atoms with Crippen LogP contribution in [0.3, 0.4) is 0 Å². The highest BCUT2D eigenvalue weighted by atomic mass is 16.2. The van der Waals surface area contributed by atoms with Crippen molar-refractivity contribution in [2.24, 2.45) is 5.92 Å². The maximum Gasteiger partial charge on any atom is 0.224 e. The lowest BCUT2D eigenvalue weighted by Gasteiger charge is -2.28. The molecule has 144 valence electrons. The summed E-state index contributed by atoms with van der Waals surface area (Å²) in [7, 11) is 0. The van der Waals surface area contributed by atoms with Gasteiger partial charge in [-0.2, -0.15) is 0 Å². The van der Waals surface area contributed by atoms with E-state index in [2.05, 4.69) is 36.9 Å². The molecule has 0 N–H and O–H groups in total. The van der Waals surface area contributed by atoms with Gasteiger partial charge in [-0.3, -0.25) is 4.79 Å². The number of carbonyl (C=O) groups is 1. The van der Waals surface area contributed by atoms with Gasteiger partial charge in [0.1, 0.15) is 11.6 Å². The first-order valence-corrected chi connectivity index (χ1v) is 10.4. The summed E-state index contributed by atoms with van der Waals surface area (Å²) in [5.74, 6) is 3.28. The van der Waals surface area contributed by atoms with Crippen LogP contribution in [0.5, 0.6) is 0 Å². The number of para-hydroxylation sites is 1. The predicted molar refractivity (Wildman–Crippen MR) is 109 cm³/mol. The molecule has 5 heteroatoms. The zero-order chi connectivity index (χ0) is 18.8. The summed E-state index contributed by atoms with van der Waals surface area (Å²) in [6.45, 7) is 7.91. The first kappa shape index (κ1) is 18.2. The average molecular weight is 367 g/mol. The minimum atomic E-state index is 0.280. The molecule has 1 aliphatic heterocycles. The van der Waals surface area contributed by atoms with Gasteiger partial charge < -0.3 is 9.80 Å². The lowest BCUT2D eigenvalue weighted by atomic mass is 10.1. The summed E-state index contributed by atoms with van der Waals surface area (Å²) in [5, 5.41) is 1.09. The van der Waals surface area contributed by atoms with E-state index in [4.69, 9.17) is 9.97 Å². The van der Waals surface area contributed by atoms with E-state index < -0.39 is 0 Å². The van der Waals surface area contributed by atoms with Crippen LogP contribution < -0.4 is 4.90 Å². The fraction of sp³-hybridized carbons (Fsp3) is 0.591. The van der Waals surface area contributed by atoms with Crippen LogP contribution in [0, 0.1) is 5.92 Å². The van der Waals surface area contributed by atoms with Gasteiger partial charge in [0.05, 0.1) is 5.52 Å². The summed E-state index contributed by atoms with van der Waals surface area (Å²) in [6, 6.07) is 8.28. The summed E-state index contributed by atoms with van der Waals surface area (Å²) in [5.41, 5.74) is 1.02. The SMILES string of the molecule is CC(C)CN(CCC(=O)N1CCCC1)c1nc(C2CC2)nc2ccccc12. The Balaban J connectivity index is 1.61. The Morgan fingerprint density at radius 2 is 1.93 bits per heavy atom. The van der Waals surface area contributed by atoms with Crippen LogP contribution in [0.25, 0.3) is 10.9 Å². The van der Waals surface area contributed by atoms with Gasteiger partial charge in [0.25, 0.3) is 0 Å². The maximum atomic E-state index is 12.6. The maximum absolute atomic E-state index is 12.6. The van der Waals surface area contributed by atoms with E-state index in [1.54, 1.807) is 0 Å². The third kappa shape index (κ3) is 4.23. The number of hydrogen-bond acceptors (Lipinski definition) is 4. The number of aromatic nitrogens is 2. The topological polar surface area (TPSA) is 49.3 Å². The molecule has 4 rings (SSSR count). The number of nitrogens with zero attached hydrogens (tertiary/aromatic N) is 4. The fourth-order valence-corrected chi connectivity index (χ4v) is 3.92. The molecule has 1 saturated heterocycles. The summed E-state index contributed by atoms with van der Waals surface area (Å²) >= 11 is 0. The highest BCUT2D eigenvalue weighted by Gasteiger charge is 2.28. The highest BCUT2D eigenvalue weighted by molar-refractivity contribution is 5.90. The molecule has 5 nitrogen and oxygen atoms in total. The van der Waals surface area contributed by atoms with E-state index in [-0.39, 0.29) is 5.91 Å². The van der Waals surface area contributed by atoms with E-state index in [0.717, 1.165) is 61.6 Å². The monoisotopic (exact) mass is 366 g/mol. The standard InChI is InChI=1S/C22H30N4O/c1-16(2)15-26(14-11-20(27)25-12-5-6-13-25)22-18-7-3-4-8-19(18)23-21(24-22)17-9-10-17/h3-4,7-8,16-17H,5-6,9-15H2,1-2H3. The van der Waals surface area contributed by atoms with Crippen molar-refractivity contribution < 1.29 is 4.79 Å². The lowest BCUT2D eigenvalue weighted by molar-refractivity contribution is -0.129. The molecule has 0 bridgehead atoms. The van der Waals surface area contributed by atoms with Crippen molar-refractivity contribution in [1.29, 1.82) is 0 Å². The van der Waals surface area contributed by atoms with E-state index >= 15 is 0 Å². The smallest absolute Gasteiger partial charge is 0.224 e. The van der Waals surface area contributed by atoms with E-state index in [0.29, 0.717) is 18.3 Å². The van der Waals surface area contributed by atoms with Crippen LogP contribution in [-0.4, -0.2) is 47.0 Å². The molecular formula is C22H30N4O. The van der Waals surface area contributed by atoms with Crippen molar-refractivity contribution >= 4 is 22.6 Å². The number of hydrogen-bond donors (Lipinski definition) is 0. The Kier molecular flexibility index (Phi) is 5.28. The van der Waals surface area contributed by atoms with Crippen LogP contribution >= 0.6 is 0 Å². The zero-order valence-electron chi connectivity index (χ0n) is 16.5. The fourth-order valence-electron chi connectivity index (χ4n) is 3.92. The van der Waals surface area contributed by atoms with Gasteiger partial charge in [-0.25, -0.2) is 9.97 Å². The third-order valence-electron chi connectivity index (χ3n) is 5.48. The number of carbonyl (C=O) groups excluding carboxylic acids is 1. The molecule has 0 unspecified atom stereocenters. The zero-order valence-corrected chi connectivity index (χ0v) is 16.5. The minimum Gasteiger partial charge on any atom is -0.355 e. The molecule has 0 radical (unpaired) electrons. The van der Waals surface area contributed by atoms with Gasteiger partial charge in [-0.05, 0) is 43.7 Å². The average Bonchev–Trinajstić information content (AvgIpc) is 3.37. The van der Waals surface area contributed by atoms with Crippen LogP contribution in [0.1, 0.15) is 57.7 Å². The van der Waals surface area contributed by atoms with Gasteiger partial charge in [-0.1, -0.05) is 26.0 Å². The molecule has 1 amide bonds. The Morgan fingerprint density at radius 3 is 2.63 bits per heavy atom. The second-order valence-electron chi connectivity index (χ2n) is 8.37. The molecule has 2 heterocycles. The predicted octanol–water partition coefficient (Wildman–Crippen LogP) is 3.98. The quantitative estimate of drug-likeness (QED) is 0.744. The molecule has 1 saturated carbocycles. The molecule has 2 aliphatic rings. The number of amides is 1. The molecule has 2 aromatic rings. The molecule has 0 atom stereocenters. The van der Waals surface area contributed by atoms with Crippen molar-refractivity contribution in [3.63, 3.8) is 0 Å². The molecular weight excluding hydrogens is 336 g/mol. The minimum absolute atomic E-state index is 0.280. The van der Waals surface area contributed by atoms with Gasteiger partial charge in [0.15, 0.2) is 0 Å². The second-order valence-corrected chi connectivity index (χ2v) is 8.37. The second kappa shape index (κ2) is 7.83. The molecule has 0 spiro atoms. The Bertz CT molecular complexity index is 809. The van der Waals surface area contributed by atoms with Gasteiger partial charge >= 0.3 is 0 Å². The lowest BCUT2D eigenvalue weighted by Crippen LogP contribution is -2.35. The van der Waals surface area contributed by atoms with Crippen molar-refractivity contribution in [3.8, 4) is 0 Å². The Labute approximate surface area is 161 Å². The van der Waals surface area contributed by atoms with Crippen molar-refractivity contribution in [1.82, 2.24) is 14.9 Å². The van der Waals surface area contributed by atoms with Crippen LogP contribution in [-0.2, 0) is 4.79 Å². The van der Waals surface area contributed by atoms with E-state index in [1.807, 2.05) is 11.0 Å².